The van der Waals surface area contributed by atoms with Gasteiger partial charge in [0.2, 0.25) is 5.65 Å². The normalized spacial score (nSPS) is 15.9. The minimum absolute atomic E-state index is 0.704. The van der Waals surface area contributed by atoms with E-state index in [9.17, 15) is 0 Å². The van der Waals surface area contributed by atoms with Gasteiger partial charge in [0.25, 0.3) is 5.82 Å². The van der Waals surface area contributed by atoms with Crippen molar-refractivity contribution in [2.75, 3.05) is 0 Å². The molecule has 0 spiro atoms. The van der Waals surface area contributed by atoms with E-state index in [4.69, 9.17) is 4.11 Å². The Bertz CT molecular complexity index is 1090. The molecule has 3 heterocycles. The van der Waals surface area contributed by atoms with Crippen LogP contribution in [0.15, 0.2) is 54.7 Å². The Morgan fingerprint density at radius 3 is 2.75 bits per heavy atom. The zero-order valence-electron chi connectivity index (χ0n) is 13.7. The largest absolute Gasteiger partial charge is 0.305 e. The van der Waals surface area contributed by atoms with Gasteiger partial charge in [-0.2, -0.15) is 4.40 Å². The van der Waals surface area contributed by atoms with Crippen LogP contribution in [0.3, 0.4) is 0 Å². The lowest BCUT2D eigenvalue weighted by Gasteiger charge is -1.92. The quantitative estimate of drug-likeness (QED) is 0.381. The van der Waals surface area contributed by atoms with Gasteiger partial charge in [-0.15, -0.1) is 0 Å². The number of aromatic nitrogens is 3. The molecule has 0 bridgehead atoms. The molecule has 3 heteroatoms. The van der Waals surface area contributed by atoms with Crippen molar-refractivity contribution in [2.45, 2.75) is 6.54 Å². The van der Waals surface area contributed by atoms with E-state index in [1.165, 1.54) is 15.7 Å². The second-order valence-electron chi connectivity index (χ2n) is 5.26. The number of nitrogens with zero attached hydrogens (tertiary/aromatic N) is 3. The van der Waals surface area contributed by atoms with Gasteiger partial charge in [0.15, 0.2) is 11.7 Å². The fourth-order valence-electron chi connectivity index (χ4n) is 3.31. The molecule has 96 valence electrons. The van der Waals surface area contributed by atoms with Gasteiger partial charge < -0.3 is 4.57 Å². The number of hydrogen-bond donors (Lipinski definition) is 0. The Morgan fingerprint density at radius 2 is 1.85 bits per heavy atom. The van der Waals surface area contributed by atoms with E-state index in [1.54, 1.807) is 0 Å². The molecule has 0 amide bonds. The van der Waals surface area contributed by atoms with E-state index >= 15 is 0 Å². The summed E-state index contributed by atoms with van der Waals surface area (Å²) in [6.45, 7) is -1.43. The Morgan fingerprint density at radius 1 is 1.05 bits per heavy atom. The number of fused-ring (bicyclic) bond motifs is 7. The molecule has 0 saturated heterocycles. The van der Waals surface area contributed by atoms with Crippen LogP contribution in [0.2, 0.25) is 0 Å². The fraction of sp³-hybridized carbons (Fsp3) is 0.118. The Balaban J connectivity index is 2.00. The van der Waals surface area contributed by atoms with Gasteiger partial charge >= 0.3 is 0 Å². The maximum atomic E-state index is 7.93. The summed E-state index contributed by atoms with van der Waals surface area (Å²) in [4.78, 5) is 0. The van der Waals surface area contributed by atoms with E-state index in [0.717, 1.165) is 23.4 Å². The summed E-state index contributed by atoms with van der Waals surface area (Å²) in [5.74, 6) is 1.05. The van der Waals surface area contributed by atoms with Crippen LogP contribution in [-0.4, -0.2) is 8.97 Å². The van der Waals surface area contributed by atoms with Crippen LogP contribution in [0.25, 0.3) is 28.1 Å². The summed E-state index contributed by atoms with van der Waals surface area (Å²) >= 11 is 0. The van der Waals surface area contributed by atoms with Crippen molar-refractivity contribution in [3.63, 3.8) is 0 Å². The van der Waals surface area contributed by atoms with Crippen LogP contribution in [0, 0.1) is 0 Å². The van der Waals surface area contributed by atoms with E-state index in [0.29, 0.717) is 5.65 Å². The van der Waals surface area contributed by atoms with E-state index in [-0.39, 0.29) is 0 Å². The molecule has 0 saturated carbocycles. The van der Waals surface area contributed by atoms with Crippen LogP contribution in [-0.2, 0) is 13.5 Å². The van der Waals surface area contributed by atoms with Crippen LogP contribution in [0.1, 0.15) is 9.68 Å². The van der Waals surface area contributed by atoms with Gasteiger partial charge in [-0.1, -0.05) is 30.3 Å². The van der Waals surface area contributed by atoms with Crippen molar-refractivity contribution in [3.05, 3.63) is 60.3 Å². The highest BCUT2D eigenvalue weighted by Gasteiger charge is 2.32. The summed E-state index contributed by atoms with van der Waals surface area (Å²) in [7, 11) is 0. The first kappa shape index (κ1) is 7.90. The summed E-state index contributed by atoms with van der Waals surface area (Å²) < 4.78 is 29.4. The first-order chi connectivity index (χ1) is 11.1. The molecule has 0 radical (unpaired) electrons. The molecule has 2 aromatic carbocycles. The molecule has 0 unspecified atom stereocenters. The fourth-order valence-corrected chi connectivity index (χ4v) is 3.31. The van der Waals surface area contributed by atoms with Gasteiger partial charge in [-0.25, -0.2) is 4.57 Å². The molecule has 0 aliphatic carbocycles. The predicted molar refractivity (Wildman–Crippen MR) is 78.6 cm³/mol. The maximum absolute atomic E-state index is 7.93. The number of para-hydroxylation sites is 2. The molecule has 20 heavy (non-hydrogen) atoms. The third-order valence-electron chi connectivity index (χ3n) is 4.18. The number of aryl methyl sites for hydroxylation is 1. The van der Waals surface area contributed by atoms with Crippen molar-refractivity contribution < 1.29 is 8.68 Å². The SMILES string of the molecule is [2H]C([2H])([2H])n1c2ccccc2n2c3[n+](cc12)Cc1ccccc1-3. The van der Waals surface area contributed by atoms with Crippen LogP contribution in [0.5, 0.6) is 0 Å². The molecule has 0 atom stereocenters. The molecule has 0 fully saturated rings. The topological polar surface area (TPSA) is 13.2 Å². The molecule has 2 aromatic heterocycles. The molecular weight excluding hydrogens is 246 g/mol. The number of rotatable bonds is 0. The van der Waals surface area contributed by atoms with Crippen LogP contribution < -0.4 is 4.57 Å². The maximum Gasteiger partial charge on any atom is 0.296 e. The highest BCUT2D eigenvalue weighted by Crippen LogP contribution is 2.31. The molecule has 1 aliphatic rings. The summed E-state index contributed by atoms with van der Waals surface area (Å²) in [6, 6.07) is 16.0. The average Bonchev–Trinajstić information content (AvgIpc) is 3.11. The third-order valence-corrected chi connectivity index (χ3v) is 4.18. The monoisotopic (exact) mass is 263 g/mol. The van der Waals surface area contributed by atoms with Crippen molar-refractivity contribution in [1.82, 2.24) is 8.97 Å². The number of benzene rings is 2. The second kappa shape index (κ2) is 3.31. The van der Waals surface area contributed by atoms with Gasteiger partial charge in [-0.3, -0.25) is 0 Å². The molecule has 1 aliphatic heterocycles. The second-order valence-corrected chi connectivity index (χ2v) is 5.26. The Labute approximate surface area is 120 Å². The van der Waals surface area contributed by atoms with Gasteiger partial charge in [0, 0.05) is 16.7 Å². The number of imidazole rings is 2. The zero-order chi connectivity index (χ0) is 15.8. The molecule has 0 N–H and O–H groups in total. The molecular formula is C17H14N3+. The molecule has 4 aromatic rings. The first-order valence-corrected chi connectivity index (χ1v) is 6.69. The van der Waals surface area contributed by atoms with Crippen molar-refractivity contribution >= 4 is 16.7 Å². The van der Waals surface area contributed by atoms with Crippen molar-refractivity contribution in [3.8, 4) is 11.4 Å². The Kier molecular flexibility index (Phi) is 1.31. The molecule has 5 rings (SSSR count). The predicted octanol–water partition coefficient (Wildman–Crippen LogP) is 2.75. The van der Waals surface area contributed by atoms with E-state index in [1.807, 2.05) is 42.6 Å². The van der Waals surface area contributed by atoms with E-state index < -0.39 is 6.98 Å². The minimum atomic E-state index is -2.21. The first-order valence-electron chi connectivity index (χ1n) is 8.19. The molecule has 3 nitrogen and oxygen atoms in total. The Hall–Kier alpha value is -2.55. The summed E-state index contributed by atoms with van der Waals surface area (Å²) in [5, 5.41) is 0. The average molecular weight is 263 g/mol. The summed E-state index contributed by atoms with van der Waals surface area (Å²) in [5.41, 5.74) is 4.79. The third kappa shape index (κ3) is 1.05. The lowest BCUT2D eigenvalue weighted by atomic mass is 10.1. The van der Waals surface area contributed by atoms with Gasteiger partial charge in [-0.05, 0) is 18.2 Å². The van der Waals surface area contributed by atoms with E-state index in [2.05, 4.69) is 21.1 Å². The minimum Gasteiger partial charge on any atom is -0.305 e. The number of hydrogen-bond acceptors (Lipinski definition) is 0. The van der Waals surface area contributed by atoms with Crippen LogP contribution >= 0.6 is 0 Å². The zero-order valence-corrected chi connectivity index (χ0v) is 10.7. The highest BCUT2D eigenvalue weighted by molar-refractivity contribution is 5.84. The lowest BCUT2D eigenvalue weighted by molar-refractivity contribution is -0.670. The lowest BCUT2D eigenvalue weighted by Crippen LogP contribution is -2.29. The van der Waals surface area contributed by atoms with Gasteiger partial charge in [0.1, 0.15) is 6.54 Å². The summed E-state index contributed by atoms with van der Waals surface area (Å²) in [6.07, 6.45) is 1.95. The van der Waals surface area contributed by atoms with Crippen LogP contribution in [0.4, 0.5) is 0 Å². The van der Waals surface area contributed by atoms with Crippen molar-refractivity contribution in [2.24, 2.45) is 6.98 Å². The standard InChI is InChI=1S/C17H14N3/c1-18-14-8-4-5-9-15(14)20-16(18)11-19-10-12-6-2-3-7-13(12)17(19)20/h2-9,11H,10H2,1H3/q+1/i1D3. The van der Waals surface area contributed by atoms with Gasteiger partial charge in [0.05, 0.1) is 11.1 Å². The van der Waals surface area contributed by atoms with Crippen molar-refractivity contribution in [1.29, 1.82) is 0 Å². The smallest absolute Gasteiger partial charge is 0.296 e. The highest BCUT2D eigenvalue weighted by atomic mass is 15.2.